The van der Waals surface area contributed by atoms with E-state index in [9.17, 15) is 9.59 Å². The van der Waals surface area contributed by atoms with Gasteiger partial charge in [-0.05, 0) is 18.9 Å². The van der Waals surface area contributed by atoms with Crippen LogP contribution in [0.4, 0.5) is 0 Å². The molecule has 0 spiro atoms. The second-order valence-electron chi connectivity index (χ2n) is 6.68. The van der Waals surface area contributed by atoms with Crippen molar-refractivity contribution < 1.29 is 14.3 Å². The molecule has 26 heavy (non-hydrogen) atoms. The molecule has 6 nitrogen and oxygen atoms in total. The van der Waals surface area contributed by atoms with Crippen molar-refractivity contribution in [3.8, 4) is 0 Å². The Bertz CT molecular complexity index is 559. The standard InChI is InChI=1S/C20H31N3O3/c1-3-7-19(24)23(16-18-8-5-4-6-9-18)17(2)20(25)21-10-11-22-12-14-26-15-13-22/h4-6,8-9,17H,3,7,10-16H2,1-2H3,(H,21,25). The van der Waals surface area contributed by atoms with E-state index in [0.29, 0.717) is 19.5 Å². The molecule has 1 aliphatic rings. The molecule has 1 aromatic rings. The lowest BCUT2D eigenvalue weighted by Gasteiger charge is -2.30. The smallest absolute Gasteiger partial charge is 0.242 e. The number of hydrogen-bond donors (Lipinski definition) is 1. The first-order valence-electron chi connectivity index (χ1n) is 9.53. The van der Waals surface area contributed by atoms with Crippen LogP contribution in [-0.4, -0.2) is 67.0 Å². The number of hydrogen-bond acceptors (Lipinski definition) is 4. The highest BCUT2D eigenvalue weighted by atomic mass is 16.5. The average Bonchev–Trinajstić information content (AvgIpc) is 2.67. The summed E-state index contributed by atoms with van der Waals surface area (Å²) in [5.41, 5.74) is 1.03. The van der Waals surface area contributed by atoms with Crippen molar-refractivity contribution in [3.05, 3.63) is 35.9 Å². The van der Waals surface area contributed by atoms with E-state index in [2.05, 4.69) is 10.2 Å². The van der Waals surface area contributed by atoms with Gasteiger partial charge in [-0.15, -0.1) is 0 Å². The number of carbonyl (C=O) groups is 2. The monoisotopic (exact) mass is 361 g/mol. The zero-order valence-corrected chi connectivity index (χ0v) is 15.9. The fourth-order valence-electron chi connectivity index (χ4n) is 3.03. The van der Waals surface area contributed by atoms with Crippen LogP contribution in [0.25, 0.3) is 0 Å². The van der Waals surface area contributed by atoms with Gasteiger partial charge >= 0.3 is 0 Å². The number of carbonyl (C=O) groups excluding carboxylic acids is 2. The average molecular weight is 361 g/mol. The molecular weight excluding hydrogens is 330 g/mol. The van der Waals surface area contributed by atoms with E-state index in [0.717, 1.165) is 44.8 Å². The zero-order chi connectivity index (χ0) is 18.8. The maximum atomic E-state index is 12.6. The van der Waals surface area contributed by atoms with Gasteiger partial charge in [-0.25, -0.2) is 0 Å². The maximum absolute atomic E-state index is 12.6. The van der Waals surface area contributed by atoms with Gasteiger partial charge in [0.05, 0.1) is 13.2 Å². The third kappa shape index (κ3) is 6.42. The summed E-state index contributed by atoms with van der Waals surface area (Å²) in [5, 5.41) is 2.98. The summed E-state index contributed by atoms with van der Waals surface area (Å²) >= 11 is 0. The molecular formula is C20H31N3O3. The van der Waals surface area contributed by atoms with Crippen molar-refractivity contribution in [2.75, 3.05) is 39.4 Å². The first-order valence-corrected chi connectivity index (χ1v) is 9.53. The van der Waals surface area contributed by atoms with Crippen molar-refractivity contribution in [1.82, 2.24) is 15.1 Å². The van der Waals surface area contributed by atoms with Crippen LogP contribution >= 0.6 is 0 Å². The minimum atomic E-state index is -0.487. The van der Waals surface area contributed by atoms with Crippen molar-refractivity contribution >= 4 is 11.8 Å². The minimum Gasteiger partial charge on any atom is -0.379 e. The summed E-state index contributed by atoms with van der Waals surface area (Å²) in [5.74, 6) is -0.0779. The Morgan fingerprint density at radius 2 is 1.92 bits per heavy atom. The molecule has 0 aromatic heterocycles. The molecule has 1 heterocycles. The van der Waals surface area contributed by atoms with Gasteiger partial charge in [0.25, 0.3) is 0 Å². The first kappa shape index (κ1) is 20.4. The number of morpholine rings is 1. The van der Waals surface area contributed by atoms with E-state index in [4.69, 9.17) is 4.74 Å². The summed E-state index contributed by atoms with van der Waals surface area (Å²) in [6.45, 7) is 8.94. The van der Waals surface area contributed by atoms with E-state index < -0.39 is 6.04 Å². The summed E-state index contributed by atoms with van der Waals surface area (Å²) < 4.78 is 5.33. The van der Waals surface area contributed by atoms with Crippen molar-refractivity contribution in [2.45, 2.75) is 39.3 Å². The van der Waals surface area contributed by atoms with Gasteiger partial charge in [-0.3, -0.25) is 14.5 Å². The maximum Gasteiger partial charge on any atom is 0.242 e. The van der Waals surface area contributed by atoms with Gasteiger partial charge in [0.2, 0.25) is 11.8 Å². The highest BCUT2D eigenvalue weighted by Gasteiger charge is 2.25. The van der Waals surface area contributed by atoms with Crippen LogP contribution in [0.1, 0.15) is 32.3 Å². The topological polar surface area (TPSA) is 61.9 Å². The molecule has 6 heteroatoms. The molecule has 1 unspecified atom stereocenters. The number of rotatable bonds is 9. The van der Waals surface area contributed by atoms with Gasteiger partial charge < -0.3 is 15.0 Å². The Morgan fingerprint density at radius 3 is 2.58 bits per heavy atom. The quantitative estimate of drug-likeness (QED) is 0.727. The third-order valence-electron chi connectivity index (χ3n) is 4.66. The van der Waals surface area contributed by atoms with E-state index in [1.165, 1.54) is 0 Å². The van der Waals surface area contributed by atoms with Gasteiger partial charge in [-0.2, -0.15) is 0 Å². The van der Waals surface area contributed by atoms with Gasteiger partial charge in [-0.1, -0.05) is 37.3 Å². The van der Waals surface area contributed by atoms with Crippen LogP contribution in [0, 0.1) is 0 Å². The molecule has 2 amide bonds. The second-order valence-corrected chi connectivity index (χ2v) is 6.68. The Kier molecular flexibility index (Phi) is 8.58. The Morgan fingerprint density at radius 1 is 1.23 bits per heavy atom. The van der Waals surface area contributed by atoms with Gasteiger partial charge in [0.1, 0.15) is 6.04 Å². The molecule has 2 rings (SSSR count). The molecule has 144 valence electrons. The zero-order valence-electron chi connectivity index (χ0n) is 15.9. The summed E-state index contributed by atoms with van der Waals surface area (Å²) in [6.07, 6.45) is 1.23. The molecule has 1 fully saturated rings. The first-order chi connectivity index (χ1) is 12.6. The van der Waals surface area contributed by atoms with Gasteiger partial charge in [0, 0.05) is 39.1 Å². The van der Waals surface area contributed by atoms with Crippen LogP contribution in [0.2, 0.25) is 0 Å². The highest BCUT2D eigenvalue weighted by Crippen LogP contribution is 2.11. The Hall–Kier alpha value is -1.92. The highest BCUT2D eigenvalue weighted by molar-refractivity contribution is 5.87. The van der Waals surface area contributed by atoms with Crippen molar-refractivity contribution in [3.63, 3.8) is 0 Å². The SMILES string of the molecule is CCCC(=O)N(Cc1ccccc1)C(C)C(=O)NCCN1CCOCC1. The number of nitrogens with one attached hydrogen (secondary N) is 1. The normalized spacial score (nSPS) is 16.1. The van der Waals surface area contributed by atoms with Crippen molar-refractivity contribution in [2.24, 2.45) is 0 Å². The van der Waals surface area contributed by atoms with E-state index in [-0.39, 0.29) is 11.8 Å². The van der Waals surface area contributed by atoms with Crippen LogP contribution in [0.3, 0.4) is 0 Å². The Balaban J connectivity index is 1.89. The van der Waals surface area contributed by atoms with E-state index in [1.54, 1.807) is 11.8 Å². The predicted molar refractivity (Wildman–Crippen MR) is 102 cm³/mol. The lowest BCUT2D eigenvalue weighted by Crippen LogP contribution is -2.49. The molecule has 1 N–H and O–H groups in total. The van der Waals surface area contributed by atoms with Gasteiger partial charge in [0.15, 0.2) is 0 Å². The third-order valence-corrected chi connectivity index (χ3v) is 4.66. The minimum absolute atomic E-state index is 0.0205. The lowest BCUT2D eigenvalue weighted by molar-refractivity contribution is -0.140. The summed E-state index contributed by atoms with van der Waals surface area (Å²) in [6, 6.07) is 9.32. The molecule has 1 aliphatic heterocycles. The molecule has 1 saturated heterocycles. The predicted octanol–water partition coefficient (Wildman–Crippen LogP) is 1.65. The molecule has 0 aliphatic carbocycles. The largest absolute Gasteiger partial charge is 0.379 e. The molecule has 1 atom stereocenters. The molecule has 0 saturated carbocycles. The van der Waals surface area contributed by atoms with Crippen LogP contribution in [0.15, 0.2) is 30.3 Å². The lowest BCUT2D eigenvalue weighted by atomic mass is 10.1. The Labute approximate surface area is 156 Å². The van der Waals surface area contributed by atoms with E-state index >= 15 is 0 Å². The fraction of sp³-hybridized carbons (Fsp3) is 0.600. The summed E-state index contributed by atoms with van der Waals surface area (Å²) in [4.78, 5) is 29.1. The molecule has 0 radical (unpaired) electrons. The molecule has 1 aromatic carbocycles. The second kappa shape index (κ2) is 10.9. The summed E-state index contributed by atoms with van der Waals surface area (Å²) in [7, 11) is 0. The van der Waals surface area contributed by atoms with E-state index in [1.807, 2.05) is 37.3 Å². The number of amides is 2. The molecule has 0 bridgehead atoms. The fourth-order valence-corrected chi connectivity index (χ4v) is 3.03. The van der Waals surface area contributed by atoms with Crippen LogP contribution < -0.4 is 5.32 Å². The van der Waals surface area contributed by atoms with Crippen LogP contribution in [0.5, 0.6) is 0 Å². The number of benzene rings is 1. The van der Waals surface area contributed by atoms with Crippen molar-refractivity contribution in [1.29, 1.82) is 0 Å². The number of ether oxygens (including phenoxy) is 1. The number of nitrogens with zero attached hydrogens (tertiary/aromatic N) is 2. The van der Waals surface area contributed by atoms with Crippen LogP contribution in [-0.2, 0) is 20.9 Å².